The van der Waals surface area contributed by atoms with Gasteiger partial charge in [0.25, 0.3) is 0 Å². The third kappa shape index (κ3) is 6.27. The Kier molecular flexibility index (Phi) is 7.86. The van der Waals surface area contributed by atoms with E-state index in [0.29, 0.717) is 41.6 Å². The molecule has 2 saturated heterocycles. The number of aromatic hydroxyl groups is 1. The smallest absolute Gasteiger partial charge is 0.200 e. The Labute approximate surface area is 193 Å². The van der Waals surface area contributed by atoms with E-state index in [-0.39, 0.29) is 24.1 Å². The lowest BCUT2D eigenvalue weighted by Gasteiger charge is -2.24. The molecule has 0 saturated carbocycles. The van der Waals surface area contributed by atoms with Crippen LogP contribution in [0.2, 0.25) is 0 Å². The number of ether oxygens (including phenoxy) is 5. The second kappa shape index (κ2) is 11.2. The zero-order valence-corrected chi connectivity index (χ0v) is 18.8. The number of hydrogen-bond acceptors (Lipinski definition) is 7. The van der Waals surface area contributed by atoms with Crippen molar-refractivity contribution in [2.24, 2.45) is 0 Å². The number of benzene rings is 2. The quantitative estimate of drug-likeness (QED) is 0.438. The van der Waals surface area contributed by atoms with E-state index >= 15 is 0 Å². The van der Waals surface area contributed by atoms with Gasteiger partial charge in [-0.05, 0) is 68.2 Å². The van der Waals surface area contributed by atoms with E-state index in [2.05, 4.69) is 0 Å². The Bertz CT molecular complexity index is 973. The summed E-state index contributed by atoms with van der Waals surface area (Å²) in [4.78, 5) is 12.8. The van der Waals surface area contributed by atoms with Crippen LogP contribution in [-0.2, 0) is 9.47 Å². The number of methoxy groups -OCH3 is 1. The first-order valence-corrected chi connectivity index (χ1v) is 11.4. The van der Waals surface area contributed by atoms with E-state index in [4.69, 9.17) is 23.7 Å². The molecule has 2 fully saturated rings. The van der Waals surface area contributed by atoms with Gasteiger partial charge in [-0.3, -0.25) is 4.79 Å². The SMILES string of the molecule is COc1ccc(C(=O)C=Cc2ccc(OC3CCCCO3)cc2O)cc1OC1CCCCO1. The molecule has 2 atom stereocenters. The van der Waals surface area contributed by atoms with Crippen LogP contribution >= 0.6 is 0 Å². The summed E-state index contributed by atoms with van der Waals surface area (Å²) >= 11 is 0. The lowest BCUT2D eigenvalue weighted by molar-refractivity contribution is -0.106. The molecule has 0 spiro atoms. The number of rotatable bonds is 8. The van der Waals surface area contributed by atoms with Gasteiger partial charge in [-0.25, -0.2) is 0 Å². The van der Waals surface area contributed by atoms with Crippen molar-refractivity contribution in [1.82, 2.24) is 0 Å². The summed E-state index contributed by atoms with van der Waals surface area (Å²) in [5.74, 6) is 1.35. The van der Waals surface area contributed by atoms with Crippen LogP contribution in [0.4, 0.5) is 0 Å². The van der Waals surface area contributed by atoms with Gasteiger partial charge in [-0.2, -0.15) is 0 Å². The van der Waals surface area contributed by atoms with Gasteiger partial charge >= 0.3 is 0 Å². The first-order chi connectivity index (χ1) is 16.1. The fraction of sp³-hybridized carbons (Fsp3) is 0.423. The minimum atomic E-state index is -0.342. The molecule has 7 heteroatoms. The molecule has 0 radical (unpaired) electrons. The van der Waals surface area contributed by atoms with Gasteiger partial charge in [-0.1, -0.05) is 0 Å². The van der Waals surface area contributed by atoms with Crippen LogP contribution in [0.25, 0.3) is 6.08 Å². The van der Waals surface area contributed by atoms with E-state index in [1.54, 1.807) is 43.5 Å². The van der Waals surface area contributed by atoms with Crippen molar-refractivity contribution in [2.45, 2.75) is 51.1 Å². The standard InChI is InChI=1S/C26H30O7/c1-29-23-13-10-19(16-24(23)33-26-7-3-5-15-31-26)21(27)12-9-18-8-11-20(17-22(18)28)32-25-6-2-4-14-30-25/h8-13,16-17,25-26,28H,2-7,14-15H2,1H3. The fourth-order valence-corrected chi connectivity index (χ4v) is 3.82. The molecule has 0 amide bonds. The van der Waals surface area contributed by atoms with Crippen molar-refractivity contribution < 1.29 is 33.6 Å². The highest BCUT2D eigenvalue weighted by atomic mass is 16.7. The molecule has 4 rings (SSSR count). The molecule has 0 aliphatic carbocycles. The van der Waals surface area contributed by atoms with Crippen molar-refractivity contribution in [2.75, 3.05) is 20.3 Å². The van der Waals surface area contributed by atoms with Crippen molar-refractivity contribution in [1.29, 1.82) is 0 Å². The van der Waals surface area contributed by atoms with E-state index in [1.807, 2.05) is 0 Å². The number of carbonyl (C=O) groups excluding carboxylic acids is 1. The zero-order chi connectivity index (χ0) is 23.0. The minimum Gasteiger partial charge on any atom is -0.507 e. The maximum absolute atomic E-state index is 12.8. The summed E-state index contributed by atoms with van der Waals surface area (Å²) in [5.41, 5.74) is 0.965. The van der Waals surface area contributed by atoms with Gasteiger partial charge in [0, 0.05) is 30.0 Å². The fourth-order valence-electron chi connectivity index (χ4n) is 3.82. The van der Waals surface area contributed by atoms with Crippen LogP contribution < -0.4 is 14.2 Å². The number of allylic oxidation sites excluding steroid dienone is 1. The minimum absolute atomic E-state index is 0.0283. The summed E-state index contributed by atoms with van der Waals surface area (Å²) in [6, 6.07) is 10.0. The first-order valence-electron chi connectivity index (χ1n) is 11.4. The molecule has 7 nitrogen and oxygen atoms in total. The van der Waals surface area contributed by atoms with Gasteiger partial charge in [0.05, 0.1) is 20.3 Å². The third-order valence-electron chi connectivity index (χ3n) is 5.67. The number of phenols is 1. The molecule has 2 aliphatic heterocycles. The number of hydrogen-bond donors (Lipinski definition) is 1. The first kappa shape index (κ1) is 23.1. The van der Waals surface area contributed by atoms with Gasteiger partial charge < -0.3 is 28.8 Å². The second-order valence-corrected chi connectivity index (χ2v) is 8.11. The van der Waals surface area contributed by atoms with E-state index in [9.17, 15) is 9.90 Å². The maximum atomic E-state index is 12.8. The van der Waals surface area contributed by atoms with Gasteiger partial charge in [0.2, 0.25) is 0 Å². The Morgan fingerprint density at radius 1 is 0.939 bits per heavy atom. The van der Waals surface area contributed by atoms with Crippen LogP contribution in [0.1, 0.15) is 54.4 Å². The molecule has 0 bridgehead atoms. The summed E-state index contributed by atoms with van der Waals surface area (Å²) in [6.45, 7) is 1.35. The van der Waals surface area contributed by atoms with Gasteiger partial charge in [0.15, 0.2) is 29.9 Å². The van der Waals surface area contributed by atoms with Crippen molar-refractivity contribution in [3.63, 3.8) is 0 Å². The average molecular weight is 455 g/mol. The Hall–Kier alpha value is -3.03. The molecule has 2 aliphatic rings. The average Bonchev–Trinajstić information content (AvgIpc) is 2.84. The van der Waals surface area contributed by atoms with E-state index in [1.165, 1.54) is 12.1 Å². The molecular formula is C26H30O7. The number of phenolic OH excluding ortho intramolecular Hbond substituents is 1. The highest BCUT2D eigenvalue weighted by Gasteiger charge is 2.19. The van der Waals surface area contributed by atoms with E-state index in [0.717, 1.165) is 38.5 Å². The van der Waals surface area contributed by atoms with Crippen molar-refractivity contribution >= 4 is 11.9 Å². The lowest BCUT2D eigenvalue weighted by atomic mass is 10.1. The predicted octanol–water partition coefficient (Wildman–Crippen LogP) is 5.11. The Morgan fingerprint density at radius 2 is 1.67 bits per heavy atom. The molecule has 1 N–H and O–H groups in total. The summed E-state index contributed by atoms with van der Waals surface area (Å²) in [7, 11) is 1.56. The molecule has 2 heterocycles. The summed E-state index contributed by atoms with van der Waals surface area (Å²) < 4.78 is 28.3. The van der Waals surface area contributed by atoms with E-state index < -0.39 is 0 Å². The van der Waals surface area contributed by atoms with Crippen molar-refractivity contribution in [3.8, 4) is 23.0 Å². The van der Waals surface area contributed by atoms with Crippen LogP contribution in [0.15, 0.2) is 42.5 Å². The monoisotopic (exact) mass is 454 g/mol. The van der Waals surface area contributed by atoms with Gasteiger partial charge in [0.1, 0.15) is 11.5 Å². The topological polar surface area (TPSA) is 83.5 Å². The Morgan fingerprint density at radius 3 is 2.30 bits per heavy atom. The second-order valence-electron chi connectivity index (χ2n) is 8.11. The highest BCUT2D eigenvalue weighted by molar-refractivity contribution is 6.07. The number of ketones is 1. The van der Waals surface area contributed by atoms with Crippen LogP contribution in [0.5, 0.6) is 23.0 Å². The molecule has 176 valence electrons. The maximum Gasteiger partial charge on any atom is 0.200 e. The summed E-state index contributed by atoms with van der Waals surface area (Å²) in [6.07, 6.45) is 8.16. The zero-order valence-electron chi connectivity index (χ0n) is 18.8. The molecule has 2 aromatic carbocycles. The molecule has 0 aromatic heterocycles. The molecular weight excluding hydrogens is 424 g/mol. The molecule has 33 heavy (non-hydrogen) atoms. The Balaban J connectivity index is 1.42. The molecule has 2 aromatic rings. The van der Waals surface area contributed by atoms with Crippen LogP contribution in [0.3, 0.4) is 0 Å². The van der Waals surface area contributed by atoms with Gasteiger partial charge in [-0.15, -0.1) is 0 Å². The lowest BCUT2D eigenvalue weighted by Crippen LogP contribution is -2.25. The highest BCUT2D eigenvalue weighted by Crippen LogP contribution is 2.31. The summed E-state index contributed by atoms with van der Waals surface area (Å²) in [5, 5.41) is 10.4. The third-order valence-corrected chi connectivity index (χ3v) is 5.67. The van der Waals surface area contributed by atoms with Crippen molar-refractivity contribution in [3.05, 3.63) is 53.6 Å². The molecule has 2 unspecified atom stereocenters. The normalized spacial score (nSPS) is 21.0. The number of carbonyl (C=O) groups is 1. The predicted molar refractivity (Wildman–Crippen MR) is 123 cm³/mol. The van der Waals surface area contributed by atoms with Crippen LogP contribution in [-0.4, -0.2) is 43.8 Å². The van der Waals surface area contributed by atoms with Crippen LogP contribution in [0, 0.1) is 0 Å². The largest absolute Gasteiger partial charge is 0.507 e.